The van der Waals surface area contributed by atoms with Gasteiger partial charge in [-0.2, -0.15) is 0 Å². The molecule has 0 aliphatic heterocycles. The Bertz CT molecular complexity index is 2610. The van der Waals surface area contributed by atoms with Crippen molar-refractivity contribution in [2.75, 3.05) is 0 Å². The SMILES string of the molecule is C[Si](C)(OC(CC=Cc1cc(C=CCC(O[Si](C)(C)c2ccccc2)[Si](C)(C)c2ccccc2)cc(/C=C\CC(O[Si](C)(C)c2ccccc2)[Si](C)(C)c2ccccc2)c1)[Si](C)(C)c1ccccc1)c1ccccc1. The van der Waals surface area contributed by atoms with Crippen molar-refractivity contribution < 1.29 is 13.3 Å². The Labute approximate surface area is 458 Å². The van der Waals surface area contributed by atoms with Crippen LogP contribution in [0.4, 0.5) is 0 Å². The molecule has 3 nitrogen and oxygen atoms in total. The van der Waals surface area contributed by atoms with E-state index in [1.54, 1.807) is 0 Å². The topological polar surface area (TPSA) is 27.7 Å². The van der Waals surface area contributed by atoms with Crippen LogP contribution >= 0.6 is 0 Å². The second-order valence-electron chi connectivity index (χ2n) is 23.6. The van der Waals surface area contributed by atoms with Crippen molar-refractivity contribution in [3.05, 3.63) is 235 Å². The van der Waals surface area contributed by atoms with Gasteiger partial charge in [0.25, 0.3) is 0 Å². The van der Waals surface area contributed by atoms with Gasteiger partial charge in [0, 0.05) is 17.2 Å². The van der Waals surface area contributed by atoms with Gasteiger partial charge in [-0.25, -0.2) is 0 Å². The fourth-order valence-electron chi connectivity index (χ4n) is 10.4. The Balaban J connectivity index is 1.24. The van der Waals surface area contributed by atoms with Crippen molar-refractivity contribution in [3.8, 4) is 0 Å². The highest BCUT2D eigenvalue weighted by Crippen LogP contribution is 2.27. The highest BCUT2D eigenvalue weighted by Gasteiger charge is 2.42. The standard InChI is InChI=1S/C66H84O3Si6/c1-70(2,58-37-19-13-20-38-58)64(67-73(7,8)61-43-25-16-26-44-61)49-31-34-55-52-56(35-32-50-65(71(3,4)59-39-21-14-22-40-59)68-74(9,10)62-45-27-17-28-46-62)54-57(53-55)36-33-51-66(72(5,6)60-41-23-15-24-42-60)69-75(11,12)63-47-29-18-30-48-63/h13-48,52-54,64-66H,49-51H2,1-12H3/b34-31-,35-32?,36-33?. The molecule has 0 bridgehead atoms. The van der Waals surface area contributed by atoms with Gasteiger partial charge in [-0.15, -0.1) is 0 Å². The molecule has 0 saturated carbocycles. The lowest BCUT2D eigenvalue weighted by molar-refractivity contribution is 0.271. The summed E-state index contributed by atoms with van der Waals surface area (Å²) in [6, 6.07) is 73.1. The maximum Gasteiger partial charge on any atom is 0.218 e. The molecular weight excluding hydrogens is 1010 g/mol. The van der Waals surface area contributed by atoms with Gasteiger partial charge in [-0.05, 0) is 109 Å². The van der Waals surface area contributed by atoms with Gasteiger partial charge in [0.1, 0.15) is 24.2 Å². The third-order valence-corrected chi connectivity index (χ3v) is 35.5. The summed E-state index contributed by atoms with van der Waals surface area (Å²) in [7, 11) is -13.0. The van der Waals surface area contributed by atoms with E-state index < -0.39 is 49.2 Å². The largest absolute Gasteiger partial charge is 0.412 e. The molecule has 0 saturated heterocycles. The van der Waals surface area contributed by atoms with Gasteiger partial charge in [-0.3, -0.25) is 0 Å². The first-order chi connectivity index (χ1) is 35.7. The third-order valence-electron chi connectivity index (χ3n) is 15.7. The van der Waals surface area contributed by atoms with E-state index in [-0.39, 0.29) is 17.2 Å². The maximum atomic E-state index is 7.44. The zero-order valence-electron chi connectivity index (χ0n) is 47.1. The second-order valence-corrected chi connectivity index (χ2v) is 49.1. The van der Waals surface area contributed by atoms with Crippen LogP contribution in [0.15, 0.2) is 218 Å². The zero-order chi connectivity index (χ0) is 53.7. The number of hydrogen-bond donors (Lipinski definition) is 0. The maximum absolute atomic E-state index is 7.44. The molecule has 0 radical (unpaired) electrons. The number of rotatable bonds is 24. The minimum atomic E-state index is -2.25. The second kappa shape index (κ2) is 25.4. The third kappa shape index (κ3) is 15.3. The predicted octanol–water partition coefficient (Wildman–Crippen LogP) is 13.9. The Morgan fingerprint density at radius 1 is 0.280 bits per heavy atom. The van der Waals surface area contributed by atoms with Crippen molar-refractivity contribution in [2.45, 2.75) is 115 Å². The summed E-state index contributed by atoms with van der Waals surface area (Å²) in [5, 5.41) is 8.25. The molecule has 3 atom stereocenters. The van der Waals surface area contributed by atoms with Crippen molar-refractivity contribution in [2.24, 2.45) is 0 Å². The molecule has 390 valence electrons. The smallest absolute Gasteiger partial charge is 0.218 e. The predicted molar refractivity (Wildman–Crippen MR) is 343 cm³/mol. The molecule has 0 heterocycles. The van der Waals surface area contributed by atoms with Crippen LogP contribution in [0.5, 0.6) is 0 Å². The van der Waals surface area contributed by atoms with Crippen LogP contribution < -0.4 is 31.1 Å². The van der Waals surface area contributed by atoms with Gasteiger partial charge >= 0.3 is 0 Å². The quantitative estimate of drug-likeness (QED) is 0.0565. The van der Waals surface area contributed by atoms with Crippen LogP contribution in [0.3, 0.4) is 0 Å². The van der Waals surface area contributed by atoms with Crippen LogP contribution in [-0.4, -0.2) is 66.4 Å². The normalized spacial score (nSPS) is 14.4. The van der Waals surface area contributed by atoms with Gasteiger partial charge < -0.3 is 13.3 Å². The lowest BCUT2D eigenvalue weighted by atomic mass is 10.0. The van der Waals surface area contributed by atoms with Gasteiger partial charge in [0.15, 0.2) is 0 Å². The van der Waals surface area contributed by atoms with E-state index in [1.807, 2.05) is 0 Å². The molecule has 0 aromatic heterocycles. The molecule has 7 aromatic carbocycles. The first-order valence-corrected chi connectivity index (χ1v) is 45.2. The van der Waals surface area contributed by atoms with Crippen molar-refractivity contribution in [3.63, 3.8) is 0 Å². The summed E-state index contributed by atoms with van der Waals surface area (Å²) in [6.45, 7) is 29.0. The number of benzene rings is 7. The van der Waals surface area contributed by atoms with E-state index >= 15 is 0 Å². The zero-order valence-corrected chi connectivity index (χ0v) is 53.1. The summed E-state index contributed by atoms with van der Waals surface area (Å²) in [6.07, 6.45) is 16.7. The first kappa shape index (κ1) is 57.6. The first-order valence-electron chi connectivity index (χ1n) is 27.2. The van der Waals surface area contributed by atoms with E-state index in [2.05, 4.69) is 315 Å². The molecule has 0 fully saturated rings. The lowest BCUT2D eigenvalue weighted by Gasteiger charge is -2.38. The average molecular weight is 1090 g/mol. The Morgan fingerprint density at radius 3 is 0.667 bits per heavy atom. The Kier molecular flexibility index (Phi) is 19.5. The van der Waals surface area contributed by atoms with E-state index in [4.69, 9.17) is 13.3 Å². The van der Waals surface area contributed by atoms with E-state index in [0.29, 0.717) is 0 Å². The van der Waals surface area contributed by atoms with Gasteiger partial charge in [0.05, 0.1) is 0 Å². The molecule has 0 N–H and O–H groups in total. The Hall–Kier alpha value is -5.06. The van der Waals surface area contributed by atoms with Crippen LogP contribution in [0.25, 0.3) is 18.2 Å². The molecule has 0 aliphatic carbocycles. The van der Waals surface area contributed by atoms with E-state index in [0.717, 1.165) is 19.3 Å². The van der Waals surface area contributed by atoms with Crippen LogP contribution in [0, 0.1) is 0 Å². The minimum Gasteiger partial charge on any atom is -0.412 e. The van der Waals surface area contributed by atoms with Crippen molar-refractivity contribution >= 4 is 98.5 Å². The summed E-state index contributed by atoms with van der Waals surface area (Å²) in [5.41, 5.74) is 3.83. The highest BCUT2D eigenvalue weighted by molar-refractivity contribution is 6.94. The Morgan fingerprint density at radius 2 is 0.467 bits per heavy atom. The summed E-state index contributed by atoms with van der Waals surface area (Å²) in [5.74, 6) is 0. The molecule has 9 heteroatoms. The minimum absolute atomic E-state index is 0.0935. The van der Waals surface area contributed by atoms with E-state index in [1.165, 1.54) is 47.8 Å². The summed E-state index contributed by atoms with van der Waals surface area (Å²) >= 11 is 0. The van der Waals surface area contributed by atoms with E-state index in [9.17, 15) is 0 Å². The fraction of sp³-hybridized carbons (Fsp3) is 0.273. The average Bonchev–Trinajstić information content (AvgIpc) is 3.41. The molecule has 7 rings (SSSR count). The fourth-order valence-corrected chi connectivity index (χ4v) is 28.8. The highest BCUT2D eigenvalue weighted by atomic mass is 28.4. The number of hydrogen-bond acceptors (Lipinski definition) is 3. The van der Waals surface area contributed by atoms with Crippen LogP contribution in [0.2, 0.25) is 78.6 Å². The van der Waals surface area contributed by atoms with Crippen LogP contribution in [0.1, 0.15) is 36.0 Å². The van der Waals surface area contributed by atoms with Crippen molar-refractivity contribution in [1.29, 1.82) is 0 Å². The summed E-state index contributed by atoms with van der Waals surface area (Å²) < 4.78 is 22.3. The van der Waals surface area contributed by atoms with Crippen LogP contribution in [-0.2, 0) is 13.3 Å². The molecule has 0 aliphatic rings. The van der Waals surface area contributed by atoms with Gasteiger partial charge in [0.2, 0.25) is 25.0 Å². The molecule has 3 unspecified atom stereocenters. The van der Waals surface area contributed by atoms with Gasteiger partial charge in [-0.1, -0.05) is 273 Å². The monoisotopic (exact) mass is 1090 g/mol. The molecule has 7 aromatic rings. The molecule has 0 amide bonds. The molecule has 75 heavy (non-hydrogen) atoms. The summed E-state index contributed by atoms with van der Waals surface area (Å²) in [4.78, 5) is 0. The molecule has 0 spiro atoms. The van der Waals surface area contributed by atoms with Crippen molar-refractivity contribution in [1.82, 2.24) is 0 Å². The molecular formula is C66H84O3Si6. The lowest BCUT2D eigenvalue weighted by Crippen LogP contribution is -2.59.